The summed E-state index contributed by atoms with van der Waals surface area (Å²) in [5.41, 5.74) is 0.0854. The molecule has 3 rings (SSSR count). The van der Waals surface area contributed by atoms with Crippen LogP contribution in [0.25, 0.3) is 0 Å². The third-order valence-electron chi connectivity index (χ3n) is 6.09. The van der Waals surface area contributed by atoms with E-state index in [-0.39, 0.29) is 17.9 Å². The number of hydrogen-bond acceptors (Lipinski definition) is 1. The third-order valence-corrected chi connectivity index (χ3v) is 6.09. The first-order chi connectivity index (χ1) is 13.7. The molecule has 0 bridgehead atoms. The minimum Gasteiger partial charge on any atom is -0.429 e. The summed E-state index contributed by atoms with van der Waals surface area (Å²) in [6, 6.07) is 0.784. The van der Waals surface area contributed by atoms with E-state index in [0.29, 0.717) is 49.8 Å². The van der Waals surface area contributed by atoms with Gasteiger partial charge in [0.25, 0.3) is 0 Å². The van der Waals surface area contributed by atoms with Crippen molar-refractivity contribution < 1.29 is 31.1 Å². The van der Waals surface area contributed by atoms with E-state index in [2.05, 4.69) is 4.74 Å². The monoisotopic (exact) mass is 420 g/mol. The van der Waals surface area contributed by atoms with Crippen molar-refractivity contribution in [2.75, 3.05) is 0 Å². The number of alkyl halides is 3. The lowest BCUT2D eigenvalue weighted by Gasteiger charge is -2.37. The van der Waals surface area contributed by atoms with Gasteiger partial charge in [0.2, 0.25) is 0 Å². The van der Waals surface area contributed by atoms with Crippen LogP contribution in [0.1, 0.15) is 64.7 Å². The predicted octanol–water partition coefficient (Wildman–Crippen LogP) is 7.50. The smallest absolute Gasteiger partial charge is 0.422 e. The Labute approximate surface area is 167 Å². The second kappa shape index (κ2) is 9.00. The molecule has 0 spiro atoms. The Kier molecular flexibility index (Phi) is 6.84. The zero-order valence-electron chi connectivity index (χ0n) is 16.4. The van der Waals surface area contributed by atoms with Crippen molar-refractivity contribution in [2.45, 2.75) is 77.0 Å². The van der Waals surface area contributed by atoms with Crippen molar-refractivity contribution in [2.24, 2.45) is 11.8 Å². The minimum atomic E-state index is -3.84. The summed E-state index contributed by atoms with van der Waals surface area (Å²) < 4.78 is 89.2. The van der Waals surface area contributed by atoms with Gasteiger partial charge in [-0.2, -0.15) is 8.78 Å². The van der Waals surface area contributed by atoms with Crippen LogP contribution in [-0.2, 0) is 0 Å². The van der Waals surface area contributed by atoms with Crippen molar-refractivity contribution in [1.82, 2.24) is 0 Å². The second-order valence-corrected chi connectivity index (χ2v) is 8.12. The van der Waals surface area contributed by atoms with Crippen LogP contribution in [0.4, 0.5) is 26.3 Å². The molecule has 1 fully saturated rings. The molecule has 0 N–H and O–H groups in total. The van der Waals surface area contributed by atoms with Gasteiger partial charge in [0, 0.05) is 23.6 Å². The van der Waals surface area contributed by atoms with Gasteiger partial charge in [-0.3, -0.25) is 0 Å². The van der Waals surface area contributed by atoms with Gasteiger partial charge in [-0.15, -0.1) is 0 Å². The summed E-state index contributed by atoms with van der Waals surface area (Å²) in [5, 5.41) is 0. The fourth-order valence-corrected chi connectivity index (χ4v) is 4.73. The van der Waals surface area contributed by atoms with Crippen LogP contribution >= 0.6 is 0 Å². The zero-order valence-corrected chi connectivity index (χ0v) is 16.4. The van der Waals surface area contributed by atoms with Crippen LogP contribution in [0.3, 0.4) is 0 Å². The summed E-state index contributed by atoms with van der Waals surface area (Å²) >= 11 is 0. The van der Waals surface area contributed by atoms with Gasteiger partial charge in [0.05, 0.1) is 0 Å². The topological polar surface area (TPSA) is 9.23 Å². The lowest BCUT2D eigenvalue weighted by molar-refractivity contribution is -0.146. The Morgan fingerprint density at radius 2 is 1.69 bits per heavy atom. The van der Waals surface area contributed by atoms with E-state index >= 15 is 0 Å². The standard InChI is InChI=1S/C22H26F6O/c1-2-5-13-8-9-16(18(23)10-13)15-6-3-4-7-17(15)22(27,28)29-14-11-19(24)21(26)20(25)12-14/h11-13,16,18H,2-10H2,1H3/t13?,16-,18+/m0/s1. The molecule has 0 aromatic heterocycles. The summed E-state index contributed by atoms with van der Waals surface area (Å²) in [6.07, 6.45) is 0.161. The quantitative estimate of drug-likeness (QED) is 0.263. The highest BCUT2D eigenvalue weighted by Crippen LogP contribution is 2.46. The van der Waals surface area contributed by atoms with Crippen LogP contribution < -0.4 is 4.74 Å². The molecule has 1 aromatic rings. The Bertz CT molecular complexity index is 737. The highest BCUT2D eigenvalue weighted by atomic mass is 19.3. The molecule has 29 heavy (non-hydrogen) atoms. The molecule has 2 aliphatic carbocycles. The Hall–Kier alpha value is -1.66. The van der Waals surface area contributed by atoms with Gasteiger partial charge in [-0.1, -0.05) is 25.3 Å². The zero-order chi connectivity index (χ0) is 21.2. The Morgan fingerprint density at radius 1 is 1.03 bits per heavy atom. The van der Waals surface area contributed by atoms with Gasteiger partial charge >= 0.3 is 6.11 Å². The molecule has 1 aromatic carbocycles. The van der Waals surface area contributed by atoms with Gasteiger partial charge in [0.1, 0.15) is 11.9 Å². The normalized spacial score (nSPS) is 26.0. The Morgan fingerprint density at radius 3 is 2.31 bits per heavy atom. The molecule has 0 saturated heterocycles. The van der Waals surface area contributed by atoms with E-state index < -0.39 is 41.4 Å². The number of rotatable bonds is 6. The maximum atomic E-state index is 14.9. The average molecular weight is 420 g/mol. The second-order valence-electron chi connectivity index (χ2n) is 8.12. The molecule has 162 valence electrons. The molecule has 0 amide bonds. The van der Waals surface area contributed by atoms with Gasteiger partial charge in [0.15, 0.2) is 17.5 Å². The molecule has 0 radical (unpaired) electrons. The molecule has 0 heterocycles. The Balaban J connectivity index is 1.86. The lowest BCUT2D eigenvalue weighted by Crippen LogP contribution is -2.35. The highest BCUT2D eigenvalue weighted by molar-refractivity contribution is 5.30. The van der Waals surface area contributed by atoms with Crippen LogP contribution in [0.2, 0.25) is 0 Å². The van der Waals surface area contributed by atoms with E-state index in [4.69, 9.17) is 0 Å². The third kappa shape index (κ3) is 4.92. The van der Waals surface area contributed by atoms with Gasteiger partial charge < -0.3 is 4.74 Å². The minimum absolute atomic E-state index is 0.0378. The summed E-state index contributed by atoms with van der Waals surface area (Å²) in [4.78, 5) is 0. The van der Waals surface area contributed by atoms with Crippen molar-refractivity contribution >= 4 is 0 Å². The van der Waals surface area contributed by atoms with E-state index in [1.54, 1.807) is 0 Å². The van der Waals surface area contributed by atoms with Crippen LogP contribution in [0.15, 0.2) is 23.3 Å². The fraction of sp³-hybridized carbons (Fsp3) is 0.636. The van der Waals surface area contributed by atoms with Crippen LogP contribution in [0, 0.1) is 29.3 Å². The maximum Gasteiger partial charge on any atom is 0.422 e. The van der Waals surface area contributed by atoms with Gasteiger partial charge in [-0.25, -0.2) is 17.6 Å². The van der Waals surface area contributed by atoms with Crippen LogP contribution in [-0.4, -0.2) is 12.3 Å². The fourth-order valence-electron chi connectivity index (χ4n) is 4.73. The average Bonchev–Trinajstić information content (AvgIpc) is 2.66. The van der Waals surface area contributed by atoms with E-state index in [0.717, 1.165) is 19.3 Å². The van der Waals surface area contributed by atoms with Crippen molar-refractivity contribution in [3.8, 4) is 5.75 Å². The van der Waals surface area contributed by atoms with E-state index in [1.807, 2.05) is 6.92 Å². The number of ether oxygens (including phenoxy) is 1. The molecule has 7 heteroatoms. The largest absolute Gasteiger partial charge is 0.429 e. The lowest BCUT2D eigenvalue weighted by atomic mass is 9.72. The predicted molar refractivity (Wildman–Crippen MR) is 98.0 cm³/mol. The molecule has 1 nitrogen and oxygen atoms in total. The molecule has 3 atom stereocenters. The number of allylic oxidation sites excluding steroid dienone is 1. The number of hydrogen-bond donors (Lipinski definition) is 0. The summed E-state index contributed by atoms with van der Waals surface area (Å²) in [6.45, 7) is 2.04. The number of halogens is 6. The first-order valence-electron chi connectivity index (χ1n) is 10.3. The summed E-state index contributed by atoms with van der Waals surface area (Å²) in [5.74, 6) is -6.05. The SMILES string of the molecule is CCCC1CC[C@@H](C2=C(C(F)(F)Oc3cc(F)c(F)c(F)c3)CCCC2)[C@H](F)C1. The maximum absolute atomic E-state index is 14.9. The summed E-state index contributed by atoms with van der Waals surface area (Å²) in [7, 11) is 0. The van der Waals surface area contributed by atoms with Gasteiger partial charge in [-0.05, 0) is 50.9 Å². The highest BCUT2D eigenvalue weighted by Gasteiger charge is 2.44. The van der Waals surface area contributed by atoms with Crippen LogP contribution in [0.5, 0.6) is 5.75 Å². The van der Waals surface area contributed by atoms with Crippen molar-refractivity contribution in [1.29, 1.82) is 0 Å². The molecular formula is C22H26F6O. The molecular weight excluding hydrogens is 394 g/mol. The number of benzene rings is 1. The molecule has 1 saturated carbocycles. The first kappa shape index (κ1) is 22.0. The van der Waals surface area contributed by atoms with Crippen molar-refractivity contribution in [3.05, 3.63) is 40.7 Å². The molecule has 1 unspecified atom stereocenters. The molecule has 2 aliphatic rings. The van der Waals surface area contributed by atoms with Crippen molar-refractivity contribution in [3.63, 3.8) is 0 Å². The van der Waals surface area contributed by atoms with E-state index in [1.165, 1.54) is 0 Å². The molecule has 0 aliphatic heterocycles. The van der Waals surface area contributed by atoms with E-state index in [9.17, 15) is 26.3 Å². The first-order valence-corrected chi connectivity index (χ1v) is 10.3.